The zero-order valence-corrected chi connectivity index (χ0v) is 12.9. The first-order chi connectivity index (χ1) is 9.40. The van der Waals surface area contributed by atoms with Crippen molar-refractivity contribution in [3.8, 4) is 0 Å². The van der Waals surface area contributed by atoms with E-state index < -0.39 is 10.0 Å². The molecular weight excluding hydrogens is 322 g/mol. The molecule has 0 saturated carbocycles. The standard InChI is InChI=1S/C10H10ClN5O2S2/c1-5-7(6(2)14-13-5)15-20(17,18)9-8(11)12-10-16(9)3-4-19-10/h3-4,15H,1-2H3,(H,13,14). The number of nitrogens with zero attached hydrogens (tertiary/aromatic N) is 3. The molecule has 106 valence electrons. The Morgan fingerprint density at radius 3 is 2.85 bits per heavy atom. The van der Waals surface area contributed by atoms with Crippen molar-refractivity contribution in [2.75, 3.05) is 4.72 Å². The first-order valence-corrected chi connectivity index (χ1v) is 8.29. The molecule has 0 spiro atoms. The van der Waals surface area contributed by atoms with E-state index in [0.717, 1.165) is 0 Å². The fourth-order valence-corrected chi connectivity index (χ4v) is 4.50. The van der Waals surface area contributed by atoms with E-state index in [2.05, 4.69) is 19.9 Å². The van der Waals surface area contributed by atoms with Crippen molar-refractivity contribution in [2.45, 2.75) is 18.9 Å². The molecule has 3 aromatic rings. The molecule has 2 N–H and O–H groups in total. The van der Waals surface area contributed by atoms with Crippen molar-refractivity contribution < 1.29 is 8.42 Å². The summed E-state index contributed by atoms with van der Waals surface area (Å²) in [5.41, 5.74) is 1.62. The fraction of sp³-hybridized carbons (Fsp3) is 0.200. The van der Waals surface area contributed by atoms with E-state index in [1.54, 1.807) is 25.4 Å². The predicted molar refractivity (Wildman–Crippen MR) is 76.9 cm³/mol. The third kappa shape index (κ3) is 1.98. The van der Waals surface area contributed by atoms with Gasteiger partial charge in [0.05, 0.1) is 17.1 Å². The normalized spacial score (nSPS) is 12.2. The number of aromatic amines is 1. The molecule has 0 aliphatic rings. The van der Waals surface area contributed by atoms with Crippen LogP contribution in [0, 0.1) is 13.8 Å². The first kappa shape index (κ1) is 13.4. The van der Waals surface area contributed by atoms with E-state index in [1.165, 1.54) is 15.7 Å². The number of hydrogen-bond donors (Lipinski definition) is 2. The molecule has 0 atom stereocenters. The number of sulfonamides is 1. The van der Waals surface area contributed by atoms with Gasteiger partial charge in [0, 0.05) is 11.6 Å². The van der Waals surface area contributed by atoms with Crippen LogP contribution in [0.4, 0.5) is 5.69 Å². The lowest BCUT2D eigenvalue weighted by Gasteiger charge is -2.07. The molecule has 3 rings (SSSR count). The number of fused-ring (bicyclic) bond motifs is 1. The molecule has 3 aromatic heterocycles. The van der Waals surface area contributed by atoms with Gasteiger partial charge in [0.15, 0.2) is 15.1 Å². The average molecular weight is 332 g/mol. The highest BCUT2D eigenvalue weighted by Crippen LogP contribution is 2.28. The summed E-state index contributed by atoms with van der Waals surface area (Å²) >= 11 is 7.25. The van der Waals surface area contributed by atoms with Crippen LogP contribution < -0.4 is 4.72 Å². The number of nitrogens with one attached hydrogen (secondary N) is 2. The van der Waals surface area contributed by atoms with Gasteiger partial charge < -0.3 is 0 Å². The van der Waals surface area contributed by atoms with Gasteiger partial charge in [-0.05, 0) is 13.8 Å². The fourth-order valence-electron chi connectivity index (χ4n) is 1.86. The third-order valence-electron chi connectivity index (χ3n) is 2.80. The Hall–Kier alpha value is -1.58. The Morgan fingerprint density at radius 1 is 1.45 bits per heavy atom. The molecule has 7 nitrogen and oxygen atoms in total. The summed E-state index contributed by atoms with van der Waals surface area (Å²) < 4.78 is 29.0. The van der Waals surface area contributed by atoms with E-state index >= 15 is 0 Å². The smallest absolute Gasteiger partial charge is 0.280 e. The van der Waals surface area contributed by atoms with Crippen LogP contribution in [0.5, 0.6) is 0 Å². The molecule has 10 heteroatoms. The number of imidazole rings is 1. The van der Waals surface area contributed by atoms with Gasteiger partial charge in [-0.2, -0.15) is 13.5 Å². The van der Waals surface area contributed by atoms with E-state index in [1.807, 2.05) is 0 Å². The maximum absolute atomic E-state index is 12.5. The van der Waals surface area contributed by atoms with Crippen LogP contribution >= 0.6 is 22.9 Å². The minimum atomic E-state index is -3.85. The minimum absolute atomic E-state index is 0.0526. The summed E-state index contributed by atoms with van der Waals surface area (Å²) in [6.07, 6.45) is 1.61. The topological polar surface area (TPSA) is 92.1 Å². The highest BCUT2D eigenvalue weighted by molar-refractivity contribution is 7.92. The zero-order chi connectivity index (χ0) is 14.5. The summed E-state index contributed by atoms with van der Waals surface area (Å²) in [5, 5.41) is 8.29. The third-order valence-corrected chi connectivity index (χ3v) is 5.30. The van der Waals surface area contributed by atoms with Crippen molar-refractivity contribution in [1.29, 1.82) is 0 Å². The molecule has 0 aliphatic carbocycles. The second-order valence-electron chi connectivity index (χ2n) is 4.18. The molecule has 0 saturated heterocycles. The zero-order valence-electron chi connectivity index (χ0n) is 10.5. The molecule has 20 heavy (non-hydrogen) atoms. The summed E-state index contributed by atoms with van der Waals surface area (Å²) in [7, 11) is -3.85. The second kappa shape index (κ2) is 4.47. The number of anilines is 1. The number of H-pyrrole nitrogens is 1. The molecule has 0 radical (unpaired) electrons. The summed E-state index contributed by atoms with van der Waals surface area (Å²) in [6, 6.07) is 0. The Morgan fingerprint density at radius 2 is 2.20 bits per heavy atom. The van der Waals surface area contributed by atoms with Crippen LogP contribution in [0.1, 0.15) is 11.4 Å². The predicted octanol–water partition coefficient (Wildman–Crippen LogP) is 2.19. The van der Waals surface area contributed by atoms with Gasteiger partial charge in [0.1, 0.15) is 0 Å². The summed E-state index contributed by atoms with van der Waals surface area (Å²) in [6.45, 7) is 3.44. The van der Waals surface area contributed by atoms with Crippen LogP contribution in [0.15, 0.2) is 16.6 Å². The highest BCUT2D eigenvalue weighted by atomic mass is 35.5. The van der Waals surface area contributed by atoms with Gasteiger partial charge in [-0.25, -0.2) is 4.98 Å². The minimum Gasteiger partial charge on any atom is -0.280 e. The lowest BCUT2D eigenvalue weighted by Crippen LogP contribution is -2.16. The first-order valence-electron chi connectivity index (χ1n) is 5.55. The van der Waals surface area contributed by atoms with Crippen LogP contribution in [-0.4, -0.2) is 28.0 Å². The largest absolute Gasteiger partial charge is 0.281 e. The SMILES string of the molecule is Cc1n[nH]c(C)c1NS(=O)(=O)c1c(Cl)nc2sccn12. The van der Waals surface area contributed by atoms with Crippen molar-refractivity contribution >= 4 is 43.6 Å². The quantitative estimate of drug-likeness (QED) is 0.769. The highest BCUT2D eigenvalue weighted by Gasteiger charge is 2.26. The number of aromatic nitrogens is 4. The maximum Gasteiger partial charge on any atom is 0.281 e. The van der Waals surface area contributed by atoms with Gasteiger partial charge >= 0.3 is 0 Å². The lowest BCUT2D eigenvalue weighted by molar-refractivity contribution is 0.596. The Bertz CT molecular complexity index is 873. The summed E-state index contributed by atoms with van der Waals surface area (Å²) in [4.78, 5) is 4.54. The number of hydrogen-bond acceptors (Lipinski definition) is 5. The molecular formula is C10H10ClN5O2S2. The molecule has 3 heterocycles. The van der Waals surface area contributed by atoms with E-state index in [0.29, 0.717) is 22.0 Å². The second-order valence-corrected chi connectivity index (χ2v) is 7.01. The molecule has 0 bridgehead atoms. The van der Waals surface area contributed by atoms with Gasteiger partial charge in [-0.15, -0.1) is 11.3 Å². The lowest BCUT2D eigenvalue weighted by atomic mass is 10.3. The van der Waals surface area contributed by atoms with Crippen molar-refractivity contribution in [3.63, 3.8) is 0 Å². The average Bonchev–Trinajstić information content (AvgIpc) is 2.98. The summed E-state index contributed by atoms with van der Waals surface area (Å²) in [5.74, 6) is 0. The van der Waals surface area contributed by atoms with E-state index in [4.69, 9.17) is 11.6 Å². The molecule has 0 fully saturated rings. The maximum atomic E-state index is 12.5. The van der Waals surface area contributed by atoms with Crippen molar-refractivity contribution in [2.24, 2.45) is 0 Å². The number of thiazole rings is 1. The number of rotatable bonds is 3. The molecule has 0 amide bonds. The Kier molecular flexibility index (Phi) is 3.00. The van der Waals surface area contributed by atoms with Gasteiger partial charge in [0.2, 0.25) is 0 Å². The van der Waals surface area contributed by atoms with Crippen molar-refractivity contribution in [1.82, 2.24) is 19.6 Å². The van der Waals surface area contributed by atoms with Crippen LogP contribution in [0.2, 0.25) is 5.15 Å². The molecule has 0 unspecified atom stereocenters. The monoisotopic (exact) mass is 331 g/mol. The van der Waals surface area contributed by atoms with Crippen LogP contribution in [0.3, 0.4) is 0 Å². The Balaban J connectivity index is 2.13. The number of halogens is 1. The van der Waals surface area contributed by atoms with E-state index in [9.17, 15) is 8.42 Å². The van der Waals surface area contributed by atoms with Gasteiger partial charge in [-0.1, -0.05) is 11.6 Å². The molecule has 0 aromatic carbocycles. The molecule has 0 aliphatic heterocycles. The van der Waals surface area contributed by atoms with Crippen LogP contribution in [0.25, 0.3) is 4.96 Å². The van der Waals surface area contributed by atoms with Gasteiger partial charge in [-0.3, -0.25) is 14.2 Å². The van der Waals surface area contributed by atoms with Gasteiger partial charge in [0.25, 0.3) is 10.0 Å². The number of aryl methyl sites for hydroxylation is 2. The van der Waals surface area contributed by atoms with Crippen LogP contribution in [-0.2, 0) is 10.0 Å². The Labute approximate surface area is 123 Å². The van der Waals surface area contributed by atoms with E-state index in [-0.39, 0.29) is 10.2 Å². The van der Waals surface area contributed by atoms with Crippen molar-refractivity contribution in [3.05, 3.63) is 28.1 Å².